The van der Waals surface area contributed by atoms with Crippen molar-refractivity contribution >= 4 is 18.0 Å². The number of hydrogen-bond acceptors (Lipinski definition) is 7. The molecule has 10 nitrogen and oxygen atoms in total. The molecule has 0 spiro atoms. The van der Waals surface area contributed by atoms with Gasteiger partial charge in [-0.1, -0.05) is 44.9 Å². The van der Waals surface area contributed by atoms with Gasteiger partial charge >= 0.3 is 6.09 Å². The highest BCUT2D eigenvalue weighted by Gasteiger charge is 2.26. The van der Waals surface area contributed by atoms with E-state index in [1.165, 1.54) is 19.3 Å². The highest BCUT2D eigenvalue weighted by atomic mass is 16.5. The Morgan fingerprint density at radius 3 is 2.50 bits per heavy atom. The van der Waals surface area contributed by atoms with Gasteiger partial charge in [0, 0.05) is 19.6 Å². The molecular weight excluding hydrogens is 436 g/mol. The van der Waals surface area contributed by atoms with Crippen molar-refractivity contribution in [3.63, 3.8) is 0 Å². The molecule has 0 bridgehead atoms. The van der Waals surface area contributed by atoms with Gasteiger partial charge in [-0.25, -0.2) is 9.79 Å². The number of hydrogen-bond donors (Lipinski definition) is 2. The summed E-state index contributed by atoms with van der Waals surface area (Å²) in [4.78, 5) is 34.2. The smallest absolute Gasteiger partial charge is 0.413 e. The second-order valence-corrected chi connectivity index (χ2v) is 9.31. The van der Waals surface area contributed by atoms with Gasteiger partial charge in [0.2, 0.25) is 11.9 Å². The Hall–Kier alpha value is -2.38. The zero-order valence-electron chi connectivity index (χ0n) is 20.9. The molecule has 0 unspecified atom stereocenters. The quantitative estimate of drug-likeness (QED) is 0.225. The van der Waals surface area contributed by atoms with Crippen molar-refractivity contribution in [2.75, 3.05) is 60.1 Å². The minimum Gasteiger partial charge on any atom is -0.449 e. The second-order valence-electron chi connectivity index (χ2n) is 9.31. The normalized spacial score (nSPS) is 19.0. The summed E-state index contributed by atoms with van der Waals surface area (Å²) in [5.74, 6) is 0.449. The van der Waals surface area contributed by atoms with Crippen LogP contribution in [-0.2, 0) is 14.3 Å². The molecule has 0 aromatic rings. The van der Waals surface area contributed by atoms with Crippen LogP contribution >= 0.6 is 0 Å². The van der Waals surface area contributed by atoms with Gasteiger partial charge in [0.15, 0.2) is 0 Å². The molecule has 2 amide bonds. The van der Waals surface area contributed by atoms with E-state index in [9.17, 15) is 9.59 Å². The fourth-order valence-electron chi connectivity index (χ4n) is 4.34. The van der Waals surface area contributed by atoms with E-state index in [1.54, 1.807) is 0 Å². The van der Waals surface area contributed by atoms with E-state index >= 15 is 0 Å². The lowest BCUT2D eigenvalue weighted by Crippen LogP contribution is -2.50. The molecule has 1 aliphatic carbocycles. The van der Waals surface area contributed by atoms with Gasteiger partial charge in [0.05, 0.1) is 25.9 Å². The number of alkyl carbamates (subject to hydrolysis) is 1. The third kappa shape index (κ3) is 11.2. The van der Waals surface area contributed by atoms with E-state index < -0.39 is 12.1 Å². The summed E-state index contributed by atoms with van der Waals surface area (Å²) in [5, 5.41) is 14.4. The van der Waals surface area contributed by atoms with Gasteiger partial charge in [0.1, 0.15) is 12.6 Å². The van der Waals surface area contributed by atoms with E-state index in [-0.39, 0.29) is 12.5 Å². The van der Waals surface area contributed by atoms with Crippen molar-refractivity contribution in [3.05, 3.63) is 0 Å². The van der Waals surface area contributed by atoms with Gasteiger partial charge in [-0.2, -0.15) is 5.26 Å². The Bertz CT molecular complexity index is 679. The fraction of sp³-hybridized carbons (Fsp3) is 0.833. The number of carbonyl (C=O) groups is 2. The molecule has 2 rings (SSSR count). The van der Waals surface area contributed by atoms with Gasteiger partial charge in [0.25, 0.3) is 0 Å². The minimum absolute atomic E-state index is 0.0657. The van der Waals surface area contributed by atoms with Crippen molar-refractivity contribution in [2.45, 2.75) is 63.8 Å². The Morgan fingerprint density at radius 1 is 1.18 bits per heavy atom. The van der Waals surface area contributed by atoms with Crippen LogP contribution in [-0.4, -0.2) is 93.9 Å². The van der Waals surface area contributed by atoms with Crippen molar-refractivity contribution in [3.8, 4) is 6.07 Å². The highest BCUT2D eigenvalue weighted by Crippen LogP contribution is 2.27. The Balaban J connectivity index is 2.14. The van der Waals surface area contributed by atoms with Crippen molar-refractivity contribution in [2.24, 2.45) is 10.9 Å². The largest absolute Gasteiger partial charge is 0.449 e. The van der Waals surface area contributed by atoms with Crippen LogP contribution in [0.5, 0.6) is 0 Å². The lowest BCUT2D eigenvalue weighted by molar-refractivity contribution is -0.122. The highest BCUT2D eigenvalue weighted by molar-refractivity contribution is 5.95. The molecule has 0 aromatic carbocycles. The molecule has 0 radical (unpaired) electrons. The molecule has 1 heterocycles. The number of nitriles is 1. The number of amides is 2. The van der Waals surface area contributed by atoms with Crippen molar-refractivity contribution < 1.29 is 19.1 Å². The van der Waals surface area contributed by atoms with Crippen LogP contribution in [0, 0.1) is 17.2 Å². The summed E-state index contributed by atoms with van der Waals surface area (Å²) in [6, 6.07) is 1.28. The first-order valence-corrected chi connectivity index (χ1v) is 12.6. The van der Waals surface area contributed by atoms with Gasteiger partial charge in [-0.15, -0.1) is 0 Å². The number of rotatable bonds is 9. The van der Waals surface area contributed by atoms with E-state index in [2.05, 4.69) is 10.6 Å². The molecule has 34 heavy (non-hydrogen) atoms. The third-order valence-corrected chi connectivity index (χ3v) is 6.21. The number of aliphatic imine (C=N–C) groups is 1. The number of morpholine rings is 1. The molecule has 1 atom stereocenters. The predicted octanol–water partition coefficient (Wildman–Crippen LogP) is 2.11. The zero-order chi connectivity index (χ0) is 24.6. The van der Waals surface area contributed by atoms with Crippen LogP contribution in [0.3, 0.4) is 0 Å². The van der Waals surface area contributed by atoms with E-state index in [0.29, 0.717) is 51.2 Å². The van der Waals surface area contributed by atoms with Crippen LogP contribution < -0.4 is 10.6 Å². The molecule has 2 N–H and O–H groups in total. The number of nitrogens with zero attached hydrogens (tertiary/aromatic N) is 4. The lowest BCUT2D eigenvalue weighted by atomic mass is 9.86. The maximum Gasteiger partial charge on any atom is 0.413 e. The lowest BCUT2D eigenvalue weighted by Gasteiger charge is -2.31. The summed E-state index contributed by atoms with van der Waals surface area (Å²) >= 11 is 0. The molecule has 2 fully saturated rings. The molecule has 1 aliphatic heterocycles. The fourth-order valence-corrected chi connectivity index (χ4v) is 4.34. The molecular formula is C24H42N6O4. The maximum atomic E-state index is 12.9. The molecule has 2 aliphatic rings. The number of guanidine groups is 1. The Morgan fingerprint density at radius 2 is 1.85 bits per heavy atom. The first kappa shape index (κ1) is 27.9. The first-order valence-electron chi connectivity index (χ1n) is 12.6. The molecule has 192 valence electrons. The summed E-state index contributed by atoms with van der Waals surface area (Å²) < 4.78 is 10.8. The molecule has 10 heteroatoms. The topological polar surface area (TPSA) is 119 Å². The van der Waals surface area contributed by atoms with Gasteiger partial charge in [-0.05, 0) is 32.9 Å². The minimum atomic E-state index is -0.676. The van der Waals surface area contributed by atoms with Crippen molar-refractivity contribution in [1.82, 2.24) is 20.4 Å². The van der Waals surface area contributed by atoms with Gasteiger partial charge in [-0.3, -0.25) is 10.1 Å². The number of nitrogens with one attached hydrogen (secondary N) is 2. The number of ether oxygens (including phenoxy) is 2. The Labute approximate surface area is 204 Å². The zero-order valence-corrected chi connectivity index (χ0v) is 20.9. The standard InChI is InChI=1S/C24H42N6O4/c1-29(2)13-8-16-34-24(32)28-23(30-14-17-33-18-15-30)27-21(22(31)26-12-11-25)19-20-9-6-4-3-5-7-10-20/h20-21H,3-10,12-19H2,1-2H3,(H,26,31)(H,27,28,32)/t21-/m0/s1. The number of carbonyl (C=O) groups excluding carboxylic acids is 2. The first-order chi connectivity index (χ1) is 16.5. The van der Waals surface area contributed by atoms with Crippen LogP contribution in [0.25, 0.3) is 0 Å². The molecule has 0 aromatic heterocycles. The third-order valence-electron chi connectivity index (χ3n) is 6.21. The summed E-state index contributed by atoms with van der Waals surface area (Å²) in [7, 11) is 3.94. The maximum absolute atomic E-state index is 12.9. The van der Waals surface area contributed by atoms with Crippen LogP contribution in [0.1, 0.15) is 57.8 Å². The predicted molar refractivity (Wildman–Crippen MR) is 130 cm³/mol. The van der Waals surface area contributed by atoms with Crippen LogP contribution in [0.15, 0.2) is 4.99 Å². The summed E-state index contributed by atoms with van der Waals surface area (Å²) in [5.41, 5.74) is 0. The average molecular weight is 479 g/mol. The summed E-state index contributed by atoms with van der Waals surface area (Å²) in [6.45, 7) is 3.23. The molecule has 1 saturated carbocycles. The van der Waals surface area contributed by atoms with E-state index in [0.717, 1.165) is 38.6 Å². The second kappa shape index (κ2) is 16.3. The SMILES string of the molecule is CN(C)CCCOC(=O)NC(=N[C@@H](CC1CCCCCCC1)C(=O)NCC#N)N1CCOCC1. The van der Waals surface area contributed by atoms with Crippen LogP contribution in [0.2, 0.25) is 0 Å². The van der Waals surface area contributed by atoms with Gasteiger partial charge < -0.3 is 24.6 Å². The van der Waals surface area contributed by atoms with Crippen molar-refractivity contribution in [1.29, 1.82) is 5.26 Å². The average Bonchev–Trinajstić information content (AvgIpc) is 2.81. The van der Waals surface area contributed by atoms with Crippen LogP contribution in [0.4, 0.5) is 4.79 Å². The summed E-state index contributed by atoms with van der Waals surface area (Å²) in [6.07, 6.45) is 8.96. The monoisotopic (exact) mass is 478 g/mol. The Kier molecular flexibility index (Phi) is 13.3. The molecule has 1 saturated heterocycles. The van der Waals surface area contributed by atoms with E-state index in [4.69, 9.17) is 19.7 Å². The van der Waals surface area contributed by atoms with E-state index in [1.807, 2.05) is 30.0 Å².